The SMILES string of the molecule is O=C(Nc1ccn[nH]1)C1=Cc2ccccc2OC1. The predicted molar refractivity (Wildman–Crippen MR) is 67.1 cm³/mol. The van der Waals surface area contributed by atoms with Gasteiger partial charge in [-0.25, -0.2) is 0 Å². The molecule has 18 heavy (non-hydrogen) atoms. The molecule has 90 valence electrons. The summed E-state index contributed by atoms with van der Waals surface area (Å²) in [4.78, 5) is 12.0. The number of amides is 1. The zero-order valence-electron chi connectivity index (χ0n) is 9.51. The molecular formula is C13H11N3O2. The molecule has 0 aliphatic carbocycles. The average molecular weight is 241 g/mol. The second kappa shape index (κ2) is 4.37. The molecular weight excluding hydrogens is 230 g/mol. The van der Waals surface area contributed by atoms with E-state index < -0.39 is 0 Å². The van der Waals surface area contributed by atoms with Gasteiger partial charge in [-0.2, -0.15) is 5.10 Å². The van der Waals surface area contributed by atoms with Crippen LogP contribution in [0.4, 0.5) is 5.82 Å². The van der Waals surface area contributed by atoms with Crippen LogP contribution in [-0.2, 0) is 4.79 Å². The van der Waals surface area contributed by atoms with Gasteiger partial charge in [0.15, 0.2) is 0 Å². The predicted octanol–water partition coefficient (Wildman–Crippen LogP) is 1.82. The summed E-state index contributed by atoms with van der Waals surface area (Å²) in [6.45, 7) is 0.275. The Kier molecular flexibility index (Phi) is 2.57. The number of hydrogen-bond acceptors (Lipinski definition) is 3. The van der Waals surface area contributed by atoms with Crippen LogP contribution in [-0.4, -0.2) is 22.7 Å². The molecule has 2 N–H and O–H groups in total. The van der Waals surface area contributed by atoms with Gasteiger partial charge in [0.25, 0.3) is 5.91 Å². The molecule has 0 saturated heterocycles. The number of nitrogens with zero attached hydrogens (tertiary/aromatic N) is 1. The standard InChI is InChI=1S/C13H11N3O2/c17-13(15-12-5-6-14-16-12)10-7-9-3-1-2-4-11(9)18-8-10/h1-7H,8H2,(H2,14,15,16,17). The van der Waals surface area contributed by atoms with Crippen molar-refractivity contribution in [3.8, 4) is 5.75 Å². The Bertz CT molecular complexity index is 602. The number of nitrogens with one attached hydrogen (secondary N) is 2. The Morgan fingerprint density at radius 2 is 2.22 bits per heavy atom. The van der Waals surface area contributed by atoms with Crippen LogP contribution in [0.2, 0.25) is 0 Å². The summed E-state index contributed by atoms with van der Waals surface area (Å²) in [5.74, 6) is 1.18. The van der Waals surface area contributed by atoms with Gasteiger partial charge in [-0.3, -0.25) is 9.89 Å². The number of anilines is 1. The first kappa shape index (κ1) is 10.6. The molecule has 1 aliphatic rings. The lowest BCUT2D eigenvalue weighted by molar-refractivity contribution is -0.113. The van der Waals surface area contributed by atoms with Crippen LogP contribution in [0.3, 0.4) is 0 Å². The third-order valence-corrected chi connectivity index (χ3v) is 2.67. The van der Waals surface area contributed by atoms with Crippen LogP contribution in [0.5, 0.6) is 5.75 Å². The number of carbonyl (C=O) groups excluding carboxylic acids is 1. The molecule has 5 heteroatoms. The lowest BCUT2D eigenvalue weighted by Crippen LogP contribution is -2.21. The number of fused-ring (bicyclic) bond motifs is 1. The fourth-order valence-electron chi connectivity index (χ4n) is 1.78. The molecule has 1 amide bonds. The molecule has 0 radical (unpaired) electrons. The van der Waals surface area contributed by atoms with Gasteiger partial charge in [-0.15, -0.1) is 0 Å². The van der Waals surface area contributed by atoms with Crippen LogP contribution in [0, 0.1) is 0 Å². The third kappa shape index (κ3) is 1.98. The Morgan fingerprint density at radius 1 is 1.33 bits per heavy atom. The van der Waals surface area contributed by atoms with Gasteiger partial charge in [0.2, 0.25) is 0 Å². The summed E-state index contributed by atoms with van der Waals surface area (Å²) < 4.78 is 5.52. The Morgan fingerprint density at radius 3 is 3.06 bits per heavy atom. The molecule has 0 fully saturated rings. The number of H-pyrrole nitrogens is 1. The van der Waals surface area contributed by atoms with Gasteiger partial charge in [0, 0.05) is 11.6 Å². The molecule has 0 spiro atoms. The number of para-hydroxylation sites is 1. The monoisotopic (exact) mass is 241 g/mol. The normalized spacial score (nSPS) is 13.2. The molecule has 0 unspecified atom stereocenters. The van der Waals surface area contributed by atoms with Crippen molar-refractivity contribution in [2.24, 2.45) is 0 Å². The maximum absolute atomic E-state index is 12.0. The average Bonchev–Trinajstić information content (AvgIpc) is 2.91. The minimum atomic E-state index is -0.186. The summed E-state index contributed by atoms with van der Waals surface area (Å²) in [6, 6.07) is 9.31. The van der Waals surface area contributed by atoms with E-state index in [1.165, 1.54) is 0 Å². The van der Waals surface area contributed by atoms with Gasteiger partial charge >= 0.3 is 0 Å². The minimum absolute atomic E-state index is 0.186. The van der Waals surface area contributed by atoms with Gasteiger partial charge in [-0.1, -0.05) is 18.2 Å². The van der Waals surface area contributed by atoms with E-state index in [0.29, 0.717) is 11.4 Å². The lowest BCUT2D eigenvalue weighted by Gasteiger charge is -2.17. The molecule has 0 saturated carbocycles. The molecule has 2 heterocycles. The smallest absolute Gasteiger partial charge is 0.256 e. The number of carbonyl (C=O) groups is 1. The molecule has 1 aromatic heterocycles. The highest BCUT2D eigenvalue weighted by molar-refractivity contribution is 6.07. The second-order valence-corrected chi connectivity index (χ2v) is 3.92. The largest absolute Gasteiger partial charge is 0.488 e. The number of ether oxygens (including phenoxy) is 1. The molecule has 5 nitrogen and oxygen atoms in total. The first-order valence-electron chi connectivity index (χ1n) is 5.56. The number of rotatable bonds is 2. The van der Waals surface area contributed by atoms with Crippen molar-refractivity contribution in [1.29, 1.82) is 0 Å². The molecule has 3 rings (SSSR count). The van der Waals surface area contributed by atoms with Crippen molar-refractivity contribution < 1.29 is 9.53 Å². The zero-order valence-corrected chi connectivity index (χ0v) is 9.51. The molecule has 0 bridgehead atoms. The quantitative estimate of drug-likeness (QED) is 0.842. The fourth-order valence-corrected chi connectivity index (χ4v) is 1.78. The fraction of sp³-hybridized carbons (Fsp3) is 0.0769. The van der Waals surface area contributed by atoms with Gasteiger partial charge in [0.05, 0.1) is 11.8 Å². The van der Waals surface area contributed by atoms with Crippen LogP contribution < -0.4 is 10.1 Å². The maximum Gasteiger partial charge on any atom is 0.256 e. The Labute approximate surface area is 103 Å². The first-order chi connectivity index (χ1) is 8.83. The summed E-state index contributed by atoms with van der Waals surface area (Å²) in [5, 5.41) is 9.16. The molecule has 0 atom stereocenters. The molecule has 2 aromatic rings. The molecule has 1 aromatic carbocycles. The van der Waals surface area contributed by atoms with E-state index in [-0.39, 0.29) is 12.5 Å². The summed E-state index contributed by atoms with van der Waals surface area (Å²) in [7, 11) is 0. The molecule has 1 aliphatic heterocycles. The van der Waals surface area contributed by atoms with Crippen LogP contribution in [0.15, 0.2) is 42.1 Å². The summed E-state index contributed by atoms with van der Waals surface area (Å²) >= 11 is 0. The van der Waals surface area contributed by atoms with Gasteiger partial charge < -0.3 is 10.1 Å². The summed E-state index contributed by atoms with van der Waals surface area (Å²) in [6.07, 6.45) is 3.42. The minimum Gasteiger partial charge on any atom is -0.488 e. The highest BCUT2D eigenvalue weighted by atomic mass is 16.5. The van der Waals surface area contributed by atoms with Crippen molar-refractivity contribution in [1.82, 2.24) is 10.2 Å². The maximum atomic E-state index is 12.0. The lowest BCUT2D eigenvalue weighted by atomic mass is 10.1. The second-order valence-electron chi connectivity index (χ2n) is 3.92. The van der Waals surface area contributed by atoms with E-state index in [2.05, 4.69) is 15.5 Å². The topological polar surface area (TPSA) is 67.0 Å². The third-order valence-electron chi connectivity index (χ3n) is 2.67. The number of hydrogen-bond donors (Lipinski definition) is 2. The van der Waals surface area contributed by atoms with E-state index in [1.54, 1.807) is 12.3 Å². The van der Waals surface area contributed by atoms with Crippen molar-refractivity contribution in [3.05, 3.63) is 47.7 Å². The first-order valence-corrected chi connectivity index (χ1v) is 5.56. The van der Waals surface area contributed by atoms with E-state index in [1.807, 2.05) is 30.3 Å². The van der Waals surface area contributed by atoms with E-state index in [9.17, 15) is 4.79 Å². The highest BCUT2D eigenvalue weighted by Gasteiger charge is 2.17. The van der Waals surface area contributed by atoms with Crippen molar-refractivity contribution in [2.75, 3.05) is 11.9 Å². The van der Waals surface area contributed by atoms with E-state index >= 15 is 0 Å². The number of aromatic amines is 1. The van der Waals surface area contributed by atoms with E-state index in [4.69, 9.17) is 4.74 Å². The van der Waals surface area contributed by atoms with Crippen molar-refractivity contribution in [2.45, 2.75) is 0 Å². The van der Waals surface area contributed by atoms with Crippen LogP contribution in [0.1, 0.15) is 5.56 Å². The zero-order chi connectivity index (χ0) is 12.4. The van der Waals surface area contributed by atoms with Crippen LogP contribution in [0.25, 0.3) is 6.08 Å². The van der Waals surface area contributed by atoms with Gasteiger partial charge in [0.1, 0.15) is 18.2 Å². The Balaban J connectivity index is 1.82. The van der Waals surface area contributed by atoms with Crippen LogP contribution >= 0.6 is 0 Å². The Hall–Kier alpha value is -2.56. The van der Waals surface area contributed by atoms with Gasteiger partial charge in [-0.05, 0) is 12.1 Å². The van der Waals surface area contributed by atoms with Crippen molar-refractivity contribution in [3.63, 3.8) is 0 Å². The number of benzene rings is 1. The van der Waals surface area contributed by atoms with E-state index in [0.717, 1.165) is 11.3 Å². The number of aromatic nitrogens is 2. The van der Waals surface area contributed by atoms with Crippen molar-refractivity contribution >= 4 is 17.8 Å². The highest BCUT2D eigenvalue weighted by Crippen LogP contribution is 2.25. The summed E-state index contributed by atoms with van der Waals surface area (Å²) in [5.41, 5.74) is 1.50.